The van der Waals surface area contributed by atoms with Gasteiger partial charge < -0.3 is 9.94 Å². The minimum atomic E-state index is 0.611. The van der Waals surface area contributed by atoms with E-state index >= 15 is 0 Å². The van der Waals surface area contributed by atoms with Gasteiger partial charge in [0.15, 0.2) is 0 Å². The van der Waals surface area contributed by atoms with Crippen molar-refractivity contribution < 1.29 is 9.94 Å². The van der Waals surface area contributed by atoms with Crippen molar-refractivity contribution in [3.8, 4) is 0 Å². The number of likely N-dealkylation sites (tertiary alicyclic amines) is 1. The molecule has 0 aliphatic carbocycles. The van der Waals surface area contributed by atoms with Gasteiger partial charge in [-0.15, -0.1) is 0 Å². The molecule has 4 heteroatoms. The summed E-state index contributed by atoms with van der Waals surface area (Å²) in [6.45, 7) is 3.83. The number of ether oxygens (including phenoxy) is 1. The van der Waals surface area contributed by atoms with Gasteiger partial charge in [-0.2, -0.15) is 0 Å². The molecule has 1 atom stereocenters. The minimum absolute atomic E-state index is 0.611. The van der Waals surface area contributed by atoms with Crippen LogP contribution in [-0.4, -0.2) is 48.2 Å². The molecule has 0 radical (unpaired) electrons. The number of piperidine rings is 1. The molecule has 4 nitrogen and oxygen atoms in total. The van der Waals surface area contributed by atoms with Crippen LogP contribution in [0.15, 0.2) is 5.16 Å². The van der Waals surface area contributed by atoms with Gasteiger partial charge in [-0.3, -0.25) is 4.90 Å². The molecule has 0 aromatic rings. The number of nitrogens with zero attached hydrogens (tertiary/aromatic N) is 2. The van der Waals surface area contributed by atoms with Crippen molar-refractivity contribution in [1.82, 2.24) is 4.90 Å². The van der Waals surface area contributed by atoms with Crippen LogP contribution in [0, 0.1) is 0 Å². The lowest BCUT2D eigenvalue weighted by Gasteiger charge is -2.31. The molecule has 2 saturated heterocycles. The van der Waals surface area contributed by atoms with Crippen LogP contribution in [-0.2, 0) is 4.74 Å². The van der Waals surface area contributed by atoms with Gasteiger partial charge in [0.05, 0.1) is 12.3 Å². The van der Waals surface area contributed by atoms with Crippen LogP contribution in [0.1, 0.15) is 19.3 Å². The second-order valence-corrected chi connectivity index (χ2v) is 3.72. The van der Waals surface area contributed by atoms with E-state index in [1.165, 1.54) is 0 Å². The molecule has 2 fully saturated rings. The van der Waals surface area contributed by atoms with Crippen molar-refractivity contribution in [3.63, 3.8) is 0 Å². The first-order valence-electron chi connectivity index (χ1n) is 4.92. The molecule has 13 heavy (non-hydrogen) atoms. The summed E-state index contributed by atoms with van der Waals surface area (Å²) in [6.07, 6.45) is 2.98. The average molecular weight is 184 g/mol. The van der Waals surface area contributed by atoms with Gasteiger partial charge in [-0.25, -0.2) is 0 Å². The van der Waals surface area contributed by atoms with Crippen LogP contribution in [0.4, 0.5) is 0 Å². The summed E-state index contributed by atoms with van der Waals surface area (Å²) >= 11 is 0. The maximum absolute atomic E-state index is 8.59. The van der Waals surface area contributed by atoms with Crippen molar-refractivity contribution in [1.29, 1.82) is 0 Å². The highest BCUT2D eigenvalue weighted by Gasteiger charge is 2.25. The average Bonchev–Trinajstić information content (AvgIpc) is 2.71. The molecular formula is C9H16N2O2. The number of hydrogen-bond donors (Lipinski definition) is 1. The van der Waals surface area contributed by atoms with E-state index in [2.05, 4.69) is 10.1 Å². The van der Waals surface area contributed by atoms with Crippen molar-refractivity contribution in [2.75, 3.05) is 26.3 Å². The molecule has 0 aromatic heterocycles. The van der Waals surface area contributed by atoms with Crippen molar-refractivity contribution >= 4 is 5.71 Å². The molecule has 0 bridgehead atoms. The van der Waals surface area contributed by atoms with E-state index < -0.39 is 0 Å². The molecule has 74 valence electrons. The fourth-order valence-electron chi connectivity index (χ4n) is 2.06. The van der Waals surface area contributed by atoms with Gasteiger partial charge in [0.25, 0.3) is 0 Å². The summed E-state index contributed by atoms with van der Waals surface area (Å²) in [5.74, 6) is 0. The van der Waals surface area contributed by atoms with Crippen molar-refractivity contribution in [2.45, 2.75) is 25.3 Å². The topological polar surface area (TPSA) is 45.1 Å². The van der Waals surface area contributed by atoms with E-state index in [9.17, 15) is 0 Å². The van der Waals surface area contributed by atoms with Gasteiger partial charge in [-0.05, 0) is 6.42 Å². The summed E-state index contributed by atoms with van der Waals surface area (Å²) in [6, 6.07) is 0.611. The smallest absolute Gasteiger partial charge is 0.0622 e. The second kappa shape index (κ2) is 4.07. The first kappa shape index (κ1) is 8.97. The normalized spacial score (nSPS) is 30.8. The van der Waals surface area contributed by atoms with E-state index in [0.29, 0.717) is 6.04 Å². The maximum Gasteiger partial charge on any atom is 0.0622 e. The van der Waals surface area contributed by atoms with Crippen LogP contribution in [0.5, 0.6) is 0 Å². The summed E-state index contributed by atoms with van der Waals surface area (Å²) in [4.78, 5) is 2.45. The standard InChI is InChI=1S/C9H16N2O2/c12-10-8-1-4-11(5-2-8)9-3-6-13-7-9/h9,12H,1-7H2. The Bertz CT molecular complexity index is 190. The van der Waals surface area contributed by atoms with E-state index in [0.717, 1.165) is 51.3 Å². The zero-order valence-electron chi connectivity index (χ0n) is 7.78. The first-order valence-corrected chi connectivity index (χ1v) is 4.92. The lowest BCUT2D eigenvalue weighted by Crippen LogP contribution is -2.41. The van der Waals surface area contributed by atoms with Gasteiger partial charge in [0.1, 0.15) is 0 Å². The molecule has 0 aromatic carbocycles. The van der Waals surface area contributed by atoms with Gasteiger partial charge in [0, 0.05) is 38.6 Å². The predicted molar refractivity (Wildman–Crippen MR) is 49.3 cm³/mol. The number of hydrogen-bond acceptors (Lipinski definition) is 4. The quantitative estimate of drug-likeness (QED) is 0.482. The monoisotopic (exact) mass is 184 g/mol. The van der Waals surface area contributed by atoms with Crippen LogP contribution >= 0.6 is 0 Å². The van der Waals surface area contributed by atoms with Gasteiger partial charge in [-0.1, -0.05) is 5.16 Å². The highest BCUT2D eigenvalue weighted by Crippen LogP contribution is 2.17. The molecule has 0 amide bonds. The third kappa shape index (κ3) is 2.00. The summed E-state index contributed by atoms with van der Waals surface area (Å²) in [5.41, 5.74) is 0.940. The first-order chi connectivity index (χ1) is 6.40. The summed E-state index contributed by atoms with van der Waals surface area (Å²) in [5, 5.41) is 11.9. The van der Waals surface area contributed by atoms with Crippen molar-refractivity contribution in [3.05, 3.63) is 0 Å². The SMILES string of the molecule is ON=C1CCN(C2CCOC2)CC1. The zero-order valence-corrected chi connectivity index (χ0v) is 7.78. The second-order valence-electron chi connectivity index (χ2n) is 3.72. The third-order valence-electron chi connectivity index (χ3n) is 2.94. The Morgan fingerprint density at radius 2 is 2.15 bits per heavy atom. The van der Waals surface area contributed by atoms with Crippen LogP contribution < -0.4 is 0 Å². The van der Waals surface area contributed by atoms with Crippen molar-refractivity contribution in [2.24, 2.45) is 5.16 Å². The summed E-state index contributed by atoms with van der Waals surface area (Å²) in [7, 11) is 0. The molecular weight excluding hydrogens is 168 g/mol. The molecule has 1 unspecified atom stereocenters. The van der Waals surface area contributed by atoms with Gasteiger partial charge in [0.2, 0.25) is 0 Å². The molecule has 2 aliphatic heterocycles. The van der Waals surface area contributed by atoms with Gasteiger partial charge >= 0.3 is 0 Å². The summed E-state index contributed by atoms with van der Waals surface area (Å²) < 4.78 is 5.34. The zero-order chi connectivity index (χ0) is 9.10. The Hall–Kier alpha value is -0.610. The Morgan fingerprint density at radius 1 is 1.38 bits per heavy atom. The number of rotatable bonds is 1. The maximum atomic E-state index is 8.59. The molecule has 0 saturated carbocycles. The van der Waals surface area contributed by atoms with E-state index in [1.54, 1.807) is 0 Å². The van der Waals surface area contributed by atoms with Crippen LogP contribution in [0.2, 0.25) is 0 Å². The largest absolute Gasteiger partial charge is 0.411 e. The third-order valence-corrected chi connectivity index (χ3v) is 2.94. The van der Waals surface area contributed by atoms with Crippen LogP contribution in [0.25, 0.3) is 0 Å². The molecule has 2 rings (SSSR count). The van der Waals surface area contributed by atoms with E-state index in [1.807, 2.05) is 0 Å². The Balaban J connectivity index is 1.83. The molecule has 2 heterocycles. The number of oxime groups is 1. The molecule has 0 spiro atoms. The highest BCUT2D eigenvalue weighted by molar-refractivity contribution is 5.84. The Morgan fingerprint density at radius 3 is 2.69 bits per heavy atom. The Kier molecular flexibility index (Phi) is 2.80. The molecule has 1 N–H and O–H groups in total. The lowest BCUT2D eigenvalue weighted by atomic mass is 10.1. The fraction of sp³-hybridized carbons (Fsp3) is 0.889. The molecule has 2 aliphatic rings. The van der Waals surface area contributed by atoms with E-state index in [4.69, 9.17) is 9.94 Å². The van der Waals surface area contributed by atoms with Crippen LogP contribution in [0.3, 0.4) is 0 Å². The minimum Gasteiger partial charge on any atom is -0.411 e. The Labute approximate surface area is 78.2 Å². The fourth-order valence-corrected chi connectivity index (χ4v) is 2.06. The van der Waals surface area contributed by atoms with E-state index in [-0.39, 0.29) is 0 Å². The highest BCUT2D eigenvalue weighted by atomic mass is 16.5. The lowest BCUT2D eigenvalue weighted by molar-refractivity contribution is 0.142. The predicted octanol–water partition coefficient (Wildman–Crippen LogP) is 0.701.